The molecule has 1 aliphatic rings. The van der Waals surface area contributed by atoms with Crippen molar-refractivity contribution in [2.45, 2.75) is 32.4 Å². The number of aliphatic hydroxyl groups excluding tert-OH is 1. The Balaban J connectivity index is 1.72. The number of rotatable bonds is 7. The van der Waals surface area contributed by atoms with Crippen molar-refractivity contribution in [1.29, 1.82) is 0 Å². The van der Waals surface area contributed by atoms with E-state index < -0.39 is 0 Å². The summed E-state index contributed by atoms with van der Waals surface area (Å²) < 4.78 is 0. The van der Waals surface area contributed by atoms with E-state index in [-0.39, 0.29) is 12.6 Å². The van der Waals surface area contributed by atoms with Crippen LogP contribution >= 0.6 is 0 Å². The van der Waals surface area contributed by atoms with E-state index in [0.717, 1.165) is 45.0 Å². The number of hydrogen-bond acceptors (Lipinski definition) is 5. The van der Waals surface area contributed by atoms with Crippen LogP contribution in [0.5, 0.6) is 0 Å². The molecule has 5 heteroatoms. The summed E-state index contributed by atoms with van der Waals surface area (Å²) in [7, 11) is 0. The molecule has 1 unspecified atom stereocenters. The monoisotopic (exact) mass is 292 g/mol. The molecule has 1 saturated heterocycles. The van der Waals surface area contributed by atoms with E-state index in [1.54, 1.807) is 0 Å². The van der Waals surface area contributed by atoms with Gasteiger partial charge in [0, 0.05) is 44.5 Å². The predicted octanol–water partition coefficient (Wildman–Crippen LogP) is 0.953. The maximum absolute atomic E-state index is 9.40. The first kappa shape index (κ1) is 16.2. The molecule has 0 bridgehead atoms. The zero-order valence-electron chi connectivity index (χ0n) is 13.2. The number of aromatic nitrogens is 1. The van der Waals surface area contributed by atoms with Crippen LogP contribution in [0.3, 0.4) is 0 Å². The lowest BCUT2D eigenvalue weighted by molar-refractivity contribution is 0.195. The lowest BCUT2D eigenvalue weighted by atomic mass is 10.1. The second kappa shape index (κ2) is 8.32. The van der Waals surface area contributed by atoms with E-state index in [1.165, 1.54) is 0 Å². The Hall–Kier alpha value is -1.17. The smallest absolute Gasteiger partial charge is 0.128 e. The van der Waals surface area contributed by atoms with Crippen molar-refractivity contribution in [3.8, 4) is 0 Å². The van der Waals surface area contributed by atoms with Crippen molar-refractivity contribution in [1.82, 2.24) is 15.2 Å². The highest BCUT2D eigenvalue weighted by atomic mass is 16.3. The normalized spacial score (nSPS) is 18.2. The number of pyridine rings is 1. The van der Waals surface area contributed by atoms with Crippen LogP contribution in [0.15, 0.2) is 24.4 Å². The summed E-state index contributed by atoms with van der Waals surface area (Å²) in [6, 6.07) is 6.69. The highest BCUT2D eigenvalue weighted by molar-refractivity contribution is 5.38. The fourth-order valence-electron chi connectivity index (χ4n) is 2.78. The van der Waals surface area contributed by atoms with Gasteiger partial charge in [-0.25, -0.2) is 4.98 Å². The molecule has 21 heavy (non-hydrogen) atoms. The van der Waals surface area contributed by atoms with Gasteiger partial charge in [0.1, 0.15) is 5.82 Å². The first-order chi connectivity index (χ1) is 10.2. The summed E-state index contributed by atoms with van der Waals surface area (Å²) in [6.45, 7) is 9.68. The minimum atomic E-state index is 0.207. The van der Waals surface area contributed by atoms with Crippen molar-refractivity contribution in [3.05, 3.63) is 24.4 Å². The molecule has 1 fully saturated rings. The molecule has 2 heterocycles. The number of anilines is 1. The maximum Gasteiger partial charge on any atom is 0.128 e. The second-order valence-electron chi connectivity index (χ2n) is 6.01. The van der Waals surface area contributed by atoms with E-state index in [1.807, 2.05) is 18.3 Å². The van der Waals surface area contributed by atoms with Gasteiger partial charge in [0.25, 0.3) is 0 Å². The van der Waals surface area contributed by atoms with Crippen LogP contribution < -0.4 is 10.2 Å². The van der Waals surface area contributed by atoms with E-state index in [2.05, 4.69) is 40.0 Å². The van der Waals surface area contributed by atoms with Crippen LogP contribution in [0.4, 0.5) is 5.82 Å². The molecular formula is C16H28N4O. The molecule has 118 valence electrons. The van der Waals surface area contributed by atoms with E-state index in [0.29, 0.717) is 6.04 Å². The molecule has 5 nitrogen and oxygen atoms in total. The van der Waals surface area contributed by atoms with Crippen molar-refractivity contribution in [2.75, 3.05) is 44.2 Å². The average molecular weight is 292 g/mol. The maximum atomic E-state index is 9.40. The quantitative estimate of drug-likeness (QED) is 0.784. The van der Waals surface area contributed by atoms with Crippen LogP contribution in [-0.4, -0.2) is 66.4 Å². The molecule has 1 aliphatic heterocycles. The Morgan fingerprint density at radius 2 is 2.00 bits per heavy atom. The van der Waals surface area contributed by atoms with Gasteiger partial charge in [0.05, 0.1) is 6.61 Å². The Labute approximate surface area is 128 Å². The van der Waals surface area contributed by atoms with Gasteiger partial charge < -0.3 is 15.3 Å². The average Bonchev–Trinajstić information content (AvgIpc) is 2.52. The van der Waals surface area contributed by atoms with Gasteiger partial charge in [0.15, 0.2) is 0 Å². The fraction of sp³-hybridized carbons (Fsp3) is 0.688. The number of hydrogen-bond donors (Lipinski definition) is 2. The van der Waals surface area contributed by atoms with Crippen LogP contribution in [0, 0.1) is 0 Å². The lowest BCUT2D eigenvalue weighted by Gasteiger charge is -2.36. The number of aliphatic hydroxyl groups is 1. The molecule has 0 aliphatic carbocycles. The Bertz CT molecular complexity index is 391. The zero-order valence-corrected chi connectivity index (χ0v) is 13.2. The highest BCUT2D eigenvalue weighted by Gasteiger charge is 2.18. The third kappa shape index (κ3) is 5.26. The topological polar surface area (TPSA) is 51.6 Å². The Morgan fingerprint density at radius 3 is 2.57 bits per heavy atom. The van der Waals surface area contributed by atoms with Crippen LogP contribution in [0.25, 0.3) is 0 Å². The summed E-state index contributed by atoms with van der Waals surface area (Å²) in [6.07, 6.45) is 2.85. The number of piperazine rings is 1. The summed E-state index contributed by atoms with van der Waals surface area (Å²) in [5, 5.41) is 12.8. The van der Waals surface area contributed by atoms with E-state index in [4.69, 9.17) is 0 Å². The first-order valence-electron chi connectivity index (χ1n) is 7.94. The molecule has 1 aromatic heterocycles. The van der Waals surface area contributed by atoms with Crippen molar-refractivity contribution in [2.24, 2.45) is 0 Å². The second-order valence-corrected chi connectivity index (χ2v) is 6.01. The van der Waals surface area contributed by atoms with Gasteiger partial charge in [-0.1, -0.05) is 19.9 Å². The zero-order chi connectivity index (χ0) is 15.1. The summed E-state index contributed by atoms with van der Waals surface area (Å²) >= 11 is 0. The van der Waals surface area contributed by atoms with Crippen molar-refractivity contribution < 1.29 is 5.11 Å². The molecule has 0 aromatic carbocycles. The summed E-state index contributed by atoms with van der Waals surface area (Å²) in [4.78, 5) is 9.23. The number of nitrogens with zero attached hydrogens (tertiary/aromatic N) is 3. The Morgan fingerprint density at radius 1 is 1.24 bits per heavy atom. The van der Waals surface area contributed by atoms with Crippen LogP contribution in [-0.2, 0) is 0 Å². The third-order valence-electron chi connectivity index (χ3n) is 3.93. The Kier molecular flexibility index (Phi) is 6.42. The van der Waals surface area contributed by atoms with Crippen molar-refractivity contribution >= 4 is 5.82 Å². The largest absolute Gasteiger partial charge is 0.395 e. The lowest BCUT2D eigenvalue weighted by Crippen LogP contribution is -2.48. The van der Waals surface area contributed by atoms with Gasteiger partial charge in [-0.15, -0.1) is 0 Å². The minimum absolute atomic E-state index is 0.207. The molecule has 0 amide bonds. The van der Waals surface area contributed by atoms with E-state index in [9.17, 15) is 5.11 Å². The predicted molar refractivity (Wildman–Crippen MR) is 86.7 cm³/mol. The molecule has 0 spiro atoms. The summed E-state index contributed by atoms with van der Waals surface area (Å²) in [5.41, 5.74) is 0. The molecular weight excluding hydrogens is 264 g/mol. The molecule has 2 rings (SSSR count). The molecule has 2 N–H and O–H groups in total. The number of nitrogens with one attached hydrogen (secondary N) is 1. The molecule has 0 saturated carbocycles. The van der Waals surface area contributed by atoms with Crippen LogP contribution in [0.1, 0.15) is 20.3 Å². The fourth-order valence-corrected chi connectivity index (χ4v) is 2.78. The SMILES string of the molecule is CC(C)NC(CO)CCN1CCN(c2ccccn2)CC1. The molecule has 1 atom stereocenters. The standard InChI is InChI=1S/C16H28N4O/c1-14(2)18-15(13-21)6-8-19-9-11-20(12-10-19)16-5-3-4-7-17-16/h3-5,7,14-15,18,21H,6,8-13H2,1-2H3. The third-order valence-corrected chi connectivity index (χ3v) is 3.93. The van der Waals surface area contributed by atoms with Crippen LogP contribution in [0.2, 0.25) is 0 Å². The first-order valence-corrected chi connectivity index (χ1v) is 7.94. The van der Waals surface area contributed by atoms with Gasteiger partial charge in [-0.3, -0.25) is 4.90 Å². The van der Waals surface area contributed by atoms with Crippen molar-refractivity contribution in [3.63, 3.8) is 0 Å². The highest BCUT2D eigenvalue weighted by Crippen LogP contribution is 2.12. The van der Waals surface area contributed by atoms with E-state index >= 15 is 0 Å². The van der Waals surface area contributed by atoms with Gasteiger partial charge in [-0.05, 0) is 25.1 Å². The minimum Gasteiger partial charge on any atom is -0.395 e. The van der Waals surface area contributed by atoms with Gasteiger partial charge in [0.2, 0.25) is 0 Å². The molecule has 1 aromatic rings. The molecule has 0 radical (unpaired) electrons. The summed E-state index contributed by atoms with van der Waals surface area (Å²) in [5.74, 6) is 1.08. The van der Waals surface area contributed by atoms with Gasteiger partial charge in [-0.2, -0.15) is 0 Å². The van der Waals surface area contributed by atoms with Gasteiger partial charge >= 0.3 is 0 Å².